The summed E-state index contributed by atoms with van der Waals surface area (Å²) in [4.78, 5) is 42.4. The smallest absolute Gasteiger partial charge is 0.262 e. The summed E-state index contributed by atoms with van der Waals surface area (Å²) in [6.07, 6.45) is -0.194. The molecule has 4 rings (SSSR count). The summed E-state index contributed by atoms with van der Waals surface area (Å²) in [5, 5.41) is 0. The highest BCUT2D eigenvalue weighted by Gasteiger charge is 2.37. The van der Waals surface area contributed by atoms with E-state index in [0.717, 1.165) is 22.9 Å². The number of hydrogen-bond donors (Lipinski definition) is 0. The standard InChI is InChI=1S/C22H23N3O4/c1-3-24-13-15(29-19-11-7-6-10-18(19)24)12-23(2)20(26)14-25-21(27)16-8-4-5-9-17(16)22(25)28/h4-11,15H,3,12-14H2,1-2H3/t15-/m1/s1. The zero-order valence-electron chi connectivity index (χ0n) is 16.5. The Kier molecular flexibility index (Phi) is 4.96. The third-order valence-electron chi connectivity index (χ3n) is 5.38. The number of carbonyl (C=O) groups is 3. The Balaban J connectivity index is 1.41. The molecule has 0 saturated carbocycles. The van der Waals surface area contributed by atoms with Gasteiger partial charge in [-0.1, -0.05) is 24.3 Å². The topological polar surface area (TPSA) is 70.2 Å². The van der Waals surface area contributed by atoms with Crippen LogP contribution in [0.1, 0.15) is 27.6 Å². The Hall–Kier alpha value is -3.35. The van der Waals surface area contributed by atoms with Gasteiger partial charge in [-0.2, -0.15) is 0 Å². The average Bonchev–Trinajstić information content (AvgIpc) is 2.98. The lowest BCUT2D eigenvalue weighted by Gasteiger charge is -2.37. The summed E-state index contributed by atoms with van der Waals surface area (Å²) >= 11 is 0. The van der Waals surface area contributed by atoms with Crippen molar-refractivity contribution in [3.05, 3.63) is 59.7 Å². The molecule has 0 fully saturated rings. The SMILES string of the molecule is CCN1C[C@@H](CN(C)C(=O)CN2C(=O)c3ccccc3C2=O)Oc2ccccc21. The fraction of sp³-hybridized carbons (Fsp3) is 0.318. The van der Waals surface area contributed by atoms with Gasteiger partial charge in [-0.05, 0) is 31.2 Å². The van der Waals surface area contributed by atoms with E-state index in [9.17, 15) is 14.4 Å². The first-order valence-corrected chi connectivity index (χ1v) is 9.69. The molecule has 0 N–H and O–H groups in total. The molecule has 150 valence electrons. The molecule has 29 heavy (non-hydrogen) atoms. The maximum absolute atomic E-state index is 12.7. The van der Waals surface area contributed by atoms with Crippen molar-refractivity contribution in [1.82, 2.24) is 9.80 Å². The van der Waals surface area contributed by atoms with E-state index >= 15 is 0 Å². The van der Waals surface area contributed by atoms with Gasteiger partial charge >= 0.3 is 0 Å². The molecule has 7 heteroatoms. The Morgan fingerprint density at radius 3 is 2.34 bits per heavy atom. The normalized spacial score (nSPS) is 17.7. The molecular formula is C22H23N3O4. The van der Waals surface area contributed by atoms with Crippen molar-refractivity contribution in [1.29, 1.82) is 0 Å². The second-order valence-electron chi connectivity index (χ2n) is 7.26. The second kappa shape index (κ2) is 7.58. The summed E-state index contributed by atoms with van der Waals surface area (Å²) < 4.78 is 6.06. The number of anilines is 1. The van der Waals surface area contributed by atoms with Gasteiger partial charge in [0.1, 0.15) is 18.4 Å². The molecule has 0 spiro atoms. The molecule has 2 aliphatic heterocycles. The number of nitrogens with zero attached hydrogens (tertiary/aromatic N) is 3. The molecule has 2 aromatic carbocycles. The van der Waals surface area contributed by atoms with Gasteiger partial charge in [0, 0.05) is 13.6 Å². The van der Waals surface area contributed by atoms with Crippen molar-refractivity contribution in [3.8, 4) is 5.75 Å². The number of likely N-dealkylation sites (N-methyl/N-ethyl adjacent to an activating group) is 2. The number of imide groups is 1. The molecule has 2 heterocycles. The van der Waals surface area contributed by atoms with Gasteiger partial charge < -0.3 is 14.5 Å². The van der Waals surface area contributed by atoms with Crippen molar-refractivity contribution in [2.75, 3.05) is 38.1 Å². The minimum Gasteiger partial charge on any atom is -0.485 e. The Labute approximate surface area is 169 Å². The van der Waals surface area contributed by atoms with Crippen molar-refractivity contribution in [2.24, 2.45) is 0 Å². The van der Waals surface area contributed by atoms with Crippen LogP contribution >= 0.6 is 0 Å². The molecule has 0 bridgehead atoms. The van der Waals surface area contributed by atoms with Gasteiger partial charge in [-0.25, -0.2) is 0 Å². The number of hydrogen-bond acceptors (Lipinski definition) is 5. The number of carbonyl (C=O) groups excluding carboxylic acids is 3. The van der Waals surface area contributed by atoms with Crippen molar-refractivity contribution in [3.63, 3.8) is 0 Å². The summed E-state index contributed by atoms with van der Waals surface area (Å²) in [5.41, 5.74) is 1.74. The summed E-state index contributed by atoms with van der Waals surface area (Å²) in [7, 11) is 1.67. The highest BCUT2D eigenvalue weighted by Crippen LogP contribution is 2.33. The third-order valence-corrected chi connectivity index (χ3v) is 5.38. The number of rotatable bonds is 5. The maximum Gasteiger partial charge on any atom is 0.262 e. The molecule has 2 aliphatic rings. The van der Waals surface area contributed by atoms with Gasteiger partial charge in [0.05, 0.1) is 29.9 Å². The number of benzene rings is 2. The molecule has 2 aromatic rings. The molecule has 7 nitrogen and oxygen atoms in total. The lowest BCUT2D eigenvalue weighted by Crippen LogP contribution is -2.49. The number of fused-ring (bicyclic) bond motifs is 2. The second-order valence-corrected chi connectivity index (χ2v) is 7.26. The summed E-state index contributed by atoms with van der Waals surface area (Å²) in [6, 6.07) is 14.5. The molecule has 0 unspecified atom stereocenters. The Bertz CT molecular complexity index is 939. The molecule has 3 amide bonds. The number of ether oxygens (including phenoxy) is 1. The van der Waals surface area contributed by atoms with Crippen LogP contribution in [0.2, 0.25) is 0 Å². The first kappa shape index (κ1) is 19.0. The van der Waals surface area contributed by atoms with Crippen LogP contribution < -0.4 is 9.64 Å². The van der Waals surface area contributed by atoms with Crippen LogP contribution in [0, 0.1) is 0 Å². The van der Waals surface area contributed by atoms with Crippen molar-refractivity contribution in [2.45, 2.75) is 13.0 Å². The Morgan fingerprint density at radius 2 is 1.69 bits per heavy atom. The van der Waals surface area contributed by atoms with E-state index in [4.69, 9.17) is 4.74 Å². The molecule has 0 saturated heterocycles. The fourth-order valence-electron chi connectivity index (χ4n) is 3.82. The zero-order valence-corrected chi connectivity index (χ0v) is 16.5. The lowest BCUT2D eigenvalue weighted by molar-refractivity contribution is -0.131. The van der Waals surface area contributed by atoms with Crippen molar-refractivity contribution >= 4 is 23.4 Å². The fourth-order valence-corrected chi connectivity index (χ4v) is 3.82. The van der Waals surface area contributed by atoms with Gasteiger partial charge in [0.15, 0.2) is 0 Å². The van der Waals surface area contributed by atoms with Crippen LogP contribution in [0.5, 0.6) is 5.75 Å². The zero-order chi connectivity index (χ0) is 20.5. The van der Waals surface area contributed by atoms with Crippen LogP contribution in [0.4, 0.5) is 5.69 Å². The van der Waals surface area contributed by atoms with Gasteiger partial charge in [0.25, 0.3) is 11.8 Å². The predicted octanol–water partition coefficient (Wildman–Crippen LogP) is 2.03. The van der Waals surface area contributed by atoms with Crippen LogP contribution in [0.15, 0.2) is 48.5 Å². The van der Waals surface area contributed by atoms with E-state index in [1.807, 2.05) is 24.3 Å². The highest BCUT2D eigenvalue weighted by molar-refractivity contribution is 6.22. The maximum atomic E-state index is 12.7. The van der Waals surface area contributed by atoms with E-state index in [-0.39, 0.29) is 18.6 Å². The molecule has 1 atom stereocenters. The van der Waals surface area contributed by atoms with Crippen LogP contribution in [-0.4, -0.2) is 66.9 Å². The first-order valence-electron chi connectivity index (χ1n) is 9.69. The highest BCUT2D eigenvalue weighted by atomic mass is 16.5. The van der Waals surface area contributed by atoms with E-state index in [2.05, 4.69) is 11.8 Å². The minimum absolute atomic E-state index is 0.194. The van der Waals surface area contributed by atoms with E-state index in [1.165, 1.54) is 4.90 Å². The quantitative estimate of drug-likeness (QED) is 0.727. The largest absolute Gasteiger partial charge is 0.485 e. The molecule has 0 aliphatic carbocycles. The van der Waals surface area contributed by atoms with E-state index in [0.29, 0.717) is 24.2 Å². The van der Waals surface area contributed by atoms with Crippen molar-refractivity contribution < 1.29 is 19.1 Å². The predicted molar refractivity (Wildman–Crippen MR) is 108 cm³/mol. The minimum atomic E-state index is -0.424. The number of amides is 3. The van der Waals surface area contributed by atoms with Gasteiger partial charge in [0.2, 0.25) is 5.91 Å². The van der Waals surface area contributed by atoms with Gasteiger partial charge in [-0.3, -0.25) is 19.3 Å². The van der Waals surface area contributed by atoms with E-state index < -0.39 is 11.8 Å². The summed E-state index contributed by atoms with van der Waals surface area (Å²) in [6.45, 7) is 3.68. The first-order chi connectivity index (χ1) is 14.0. The van der Waals surface area contributed by atoms with Gasteiger partial charge in [-0.15, -0.1) is 0 Å². The monoisotopic (exact) mass is 393 g/mol. The lowest BCUT2D eigenvalue weighted by atomic mass is 10.1. The van der Waals surface area contributed by atoms with E-state index in [1.54, 1.807) is 31.3 Å². The molecule has 0 aromatic heterocycles. The van der Waals surface area contributed by atoms with Crippen LogP contribution in [-0.2, 0) is 4.79 Å². The molecule has 0 radical (unpaired) electrons. The summed E-state index contributed by atoms with van der Waals surface area (Å²) in [5.74, 6) is -0.350. The Morgan fingerprint density at radius 1 is 1.07 bits per heavy atom. The number of para-hydroxylation sites is 2. The average molecular weight is 393 g/mol. The van der Waals surface area contributed by atoms with Crippen LogP contribution in [0.3, 0.4) is 0 Å². The van der Waals surface area contributed by atoms with Crippen LogP contribution in [0.25, 0.3) is 0 Å². The molecular weight excluding hydrogens is 370 g/mol. The third kappa shape index (κ3) is 3.44.